The lowest BCUT2D eigenvalue weighted by molar-refractivity contribution is 0.0606. The molecule has 6 heteroatoms. The van der Waals surface area contributed by atoms with Crippen LogP contribution in [0.15, 0.2) is 16.6 Å². The summed E-state index contributed by atoms with van der Waals surface area (Å²) in [6.45, 7) is 0. The predicted octanol–water partition coefficient (Wildman–Crippen LogP) is 4.24. The number of fused-ring (bicyclic) bond motifs is 1. The van der Waals surface area contributed by atoms with Gasteiger partial charge in [-0.1, -0.05) is 11.6 Å². The van der Waals surface area contributed by atoms with Gasteiger partial charge in [-0.3, -0.25) is 0 Å². The Balaban J connectivity index is 2.82. The van der Waals surface area contributed by atoms with Crippen molar-refractivity contribution in [3.05, 3.63) is 32.3 Å². The summed E-state index contributed by atoms with van der Waals surface area (Å²) in [7, 11) is 1.26. The molecular weight excluding hydrogens is 319 g/mol. The lowest BCUT2D eigenvalue weighted by atomic mass is 10.2. The zero-order valence-corrected chi connectivity index (χ0v) is 11.2. The molecule has 1 heterocycles. The monoisotopic (exact) mass is 322 g/mol. The number of benzene rings is 1. The van der Waals surface area contributed by atoms with Crippen molar-refractivity contribution in [3.8, 4) is 0 Å². The number of thiophene rings is 1. The van der Waals surface area contributed by atoms with Crippen LogP contribution in [0.3, 0.4) is 0 Å². The molecule has 0 radical (unpaired) electrons. The van der Waals surface area contributed by atoms with E-state index < -0.39 is 11.8 Å². The molecule has 2 nitrogen and oxygen atoms in total. The van der Waals surface area contributed by atoms with Crippen molar-refractivity contribution in [3.63, 3.8) is 0 Å². The third-order valence-corrected chi connectivity index (χ3v) is 4.67. The maximum absolute atomic E-state index is 13.6. The van der Waals surface area contributed by atoms with E-state index in [9.17, 15) is 9.18 Å². The summed E-state index contributed by atoms with van der Waals surface area (Å²) in [6, 6.07) is 2.87. The molecule has 2 aromatic rings. The molecule has 2 rings (SSSR count). The Morgan fingerprint density at radius 3 is 2.81 bits per heavy atom. The summed E-state index contributed by atoms with van der Waals surface area (Å²) in [5, 5.41) is 0.354. The standard InChI is InChI=1S/C10H5BrClFO2S/c1-15-10(14)9-7(12)6-5(13)3-2-4(11)8(6)16-9/h2-3H,1H3. The fourth-order valence-electron chi connectivity index (χ4n) is 1.32. The molecule has 0 saturated carbocycles. The number of rotatable bonds is 1. The van der Waals surface area contributed by atoms with Crippen molar-refractivity contribution in [2.24, 2.45) is 0 Å². The molecular formula is C10H5BrClFO2S. The number of methoxy groups -OCH3 is 1. The van der Waals surface area contributed by atoms with Crippen LogP contribution >= 0.6 is 38.9 Å². The molecule has 0 unspecified atom stereocenters. The third kappa shape index (κ3) is 1.73. The van der Waals surface area contributed by atoms with Crippen molar-refractivity contribution >= 4 is 54.9 Å². The Labute approximate surface area is 108 Å². The zero-order chi connectivity index (χ0) is 11.9. The molecule has 0 atom stereocenters. The number of carbonyl (C=O) groups is 1. The minimum absolute atomic E-state index is 0.102. The summed E-state index contributed by atoms with van der Waals surface area (Å²) >= 11 is 10.3. The van der Waals surface area contributed by atoms with Crippen LogP contribution in [0.4, 0.5) is 4.39 Å². The minimum atomic E-state index is -0.558. The van der Waals surface area contributed by atoms with Crippen molar-refractivity contribution in [1.82, 2.24) is 0 Å². The van der Waals surface area contributed by atoms with Gasteiger partial charge in [-0.05, 0) is 28.1 Å². The highest BCUT2D eigenvalue weighted by atomic mass is 79.9. The van der Waals surface area contributed by atoms with Gasteiger partial charge in [0, 0.05) is 9.86 Å². The molecule has 0 spiro atoms. The van der Waals surface area contributed by atoms with Gasteiger partial charge in [0.05, 0.1) is 16.8 Å². The van der Waals surface area contributed by atoms with Crippen molar-refractivity contribution in [2.45, 2.75) is 0 Å². The van der Waals surface area contributed by atoms with Crippen LogP contribution in [0.2, 0.25) is 5.02 Å². The predicted molar refractivity (Wildman–Crippen MR) is 65.8 cm³/mol. The normalized spacial score (nSPS) is 10.8. The molecule has 0 fully saturated rings. The number of hydrogen-bond acceptors (Lipinski definition) is 3. The van der Waals surface area contributed by atoms with Gasteiger partial charge in [-0.2, -0.15) is 0 Å². The van der Waals surface area contributed by atoms with Crippen LogP contribution in [-0.4, -0.2) is 13.1 Å². The topological polar surface area (TPSA) is 26.3 Å². The summed E-state index contributed by atoms with van der Waals surface area (Å²) in [5.74, 6) is -1.01. The first kappa shape index (κ1) is 11.8. The SMILES string of the molecule is COC(=O)c1sc2c(Br)ccc(F)c2c1Cl. The van der Waals surface area contributed by atoms with Gasteiger partial charge in [0.15, 0.2) is 0 Å². The zero-order valence-electron chi connectivity index (χ0n) is 8.01. The highest BCUT2D eigenvalue weighted by Crippen LogP contribution is 2.40. The molecule has 0 aliphatic heterocycles. The van der Waals surface area contributed by atoms with Gasteiger partial charge >= 0.3 is 5.97 Å². The smallest absolute Gasteiger partial charge is 0.349 e. The van der Waals surface area contributed by atoms with E-state index in [1.807, 2.05) is 0 Å². The molecule has 1 aromatic heterocycles. The summed E-state index contributed by atoms with van der Waals surface area (Å²) in [6.07, 6.45) is 0. The Morgan fingerprint density at radius 1 is 1.56 bits per heavy atom. The molecule has 0 N–H and O–H groups in total. The number of hydrogen-bond donors (Lipinski definition) is 0. The Kier molecular flexibility index (Phi) is 3.19. The number of ether oxygens (including phenoxy) is 1. The molecule has 0 saturated heterocycles. The second-order valence-corrected chi connectivity index (χ2v) is 5.22. The van der Waals surface area contributed by atoms with E-state index in [4.69, 9.17) is 11.6 Å². The number of esters is 1. The highest BCUT2D eigenvalue weighted by molar-refractivity contribution is 9.10. The summed E-state index contributed by atoms with van der Waals surface area (Å²) in [4.78, 5) is 11.6. The van der Waals surface area contributed by atoms with Crippen LogP contribution in [0.5, 0.6) is 0 Å². The Hall–Kier alpha value is -0.650. The maximum atomic E-state index is 13.6. The van der Waals surface area contributed by atoms with E-state index in [1.165, 1.54) is 13.2 Å². The van der Waals surface area contributed by atoms with Crippen molar-refractivity contribution < 1.29 is 13.9 Å². The van der Waals surface area contributed by atoms with Gasteiger partial charge in [0.1, 0.15) is 10.7 Å². The lowest BCUT2D eigenvalue weighted by Crippen LogP contribution is -1.98. The lowest BCUT2D eigenvalue weighted by Gasteiger charge is -1.95. The highest BCUT2D eigenvalue weighted by Gasteiger charge is 2.21. The molecule has 0 aliphatic carbocycles. The molecule has 0 aliphatic rings. The van der Waals surface area contributed by atoms with E-state index in [1.54, 1.807) is 6.07 Å². The number of carbonyl (C=O) groups excluding carboxylic acids is 1. The average molecular weight is 324 g/mol. The molecule has 1 aromatic carbocycles. The number of halogens is 3. The summed E-state index contributed by atoms with van der Waals surface area (Å²) < 4.78 is 19.4. The van der Waals surface area contributed by atoms with Gasteiger partial charge in [0.2, 0.25) is 0 Å². The Bertz CT molecular complexity index is 582. The fourth-order valence-corrected chi connectivity index (χ4v) is 3.36. The van der Waals surface area contributed by atoms with Gasteiger partial charge < -0.3 is 4.74 Å². The molecule has 0 bridgehead atoms. The quantitative estimate of drug-likeness (QED) is 0.734. The van der Waals surface area contributed by atoms with Crippen molar-refractivity contribution in [2.75, 3.05) is 7.11 Å². The average Bonchev–Trinajstić information content (AvgIpc) is 2.62. The van der Waals surface area contributed by atoms with Crippen molar-refractivity contribution in [1.29, 1.82) is 0 Å². The largest absolute Gasteiger partial charge is 0.465 e. The van der Waals surface area contributed by atoms with Crippen LogP contribution in [0.25, 0.3) is 10.1 Å². The fraction of sp³-hybridized carbons (Fsp3) is 0.100. The van der Waals surface area contributed by atoms with Crippen LogP contribution in [0, 0.1) is 5.82 Å². The van der Waals surface area contributed by atoms with E-state index in [0.717, 1.165) is 11.3 Å². The first-order chi connectivity index (χ1) is 7.56. The van der Waals surface area contributed by atoms with E-state index in [-0.39, 0.29) is 15.3 Å². The van der Waals surface area contributed by atoms with Gasteiger partial charge in [-0.25, -0.2) is 9.18 Å². The maximum Gasteiger partial charge on any atom is 0.349 e. The second-order valence-electron chi connectivity index (χ2n) is 2.97. The summed E-state index contributed by atoms with van der Waals surface area (Å²) in [5.41, 5.74) is 0. The molecule has 84 valence electrons. The van der Waals surface area contributed by atoms with E-state index >= 15 is 0 Å². The third-order valence-electron chi connectivity index (χ3n) is 2.05. The van der Waals surface area contributed by atoms with E-state index in [2.05, 4.69) is 20.7 Å². The first-order valence-electron chi connectivity index (χ1n) is 4.20. The van der Waals surface area contributed by atoms with E-state index in [0.29, 0.717) is 9.17 Å². The molecule has 0 amide bonds. The Morgan fingerprint density at radius 2 is 2.25 bits per heavy atom. The molecule has 16 heavy (non-hydrogen) atoms. The first-order valence-corrected chi connectivity index (χ1v) is 6.19. The minimum Gasteiger partial charge on any atom is -0.465 e. The van der Waals surface area contributed by atoms with Gasteiger partial charge in [-0.15, -0.1) is 11.3 Å². The van der Waals surface area contributed by atoms with Gasteiger partial charge in [0.25, 0.3) is 0 Å². The van der Waals surface area contributed by atoms with Crippen LogP contribution in [0.1, 0.15) is 9.67 Å². The van der Waals surface area contributed by atoms with Crippen LogP contribution < -0.4 is 0 Å². The van der Waals surface area contributed by atoms with Crippen LogP contribution in [-0.2, 0) is 4.74 Å². The second kappa shape index (κ2) is 4.31.